The van der Waals surface area contributed by atoms with E-state index in [-0.39, 0.29) is 18.4 Å². The Bertz CT molecular complexity index is 885. The molecule has 0 bridgehead atoms. The zero-order chi connectivity index (χ0) is 21.7. The fraction of sp³-hybridized carbons (Fsp3) is 0.409. The maximum Gasteiger partial charge on any atom is 0.225 e. The summed E-state index contributed by atoms with van der Waals surface area (Å²) < 4.78 is 11.4. The number of ether oxygens (including phenoxy) is 2. The quantitative estimate of drug-likeness (QED) is 0.608. The molecule has 2 N–H and O–H groups in total. The van der Waals surface area contributed by atoms with Gasteiger partial charge in [0.25, 0.3) is 0 Å². The zero-order valence-corrected chi connectivity index (χ0v) is 18.5. The number of likely N-dealkylation sites (tertiary alicyclic amines) is 1. The second-order valence-corrected chi connectivity index (χ2v) is 8.34. The summed E-state index contributed by atoms with van der Waals surface area (Å²) in [6, 6.07) is 11.1. The van der Waals surface area contributed by atoms with Gasteiger partial charge in [-0.25, -0.2) is 0 Å². The molecule has 1 aliphatic heterocycles. The molecule has 0 aliphatic carbocycles. The SMILES string of the molecule is COc1cc(CN2CC(C(=O)NC[C@H](C)O)C2)ccc1OCc1ccc(Cl)cc1Cl. The van der Waals surface area contributed by atoms with Crippen molar-refractivity contribution >= 4 is 29.1 Å². The van der Waals surface area contributed by atoms with Gasteiger partial charge in [-0.2, -0.15) is 0 Å². The lowest BCUT2D eigenvalue weighted by molar-refractivity contribution is -0.130. The number of nitrogens with one attached hydrogen (secondary N) is 1. The number of carbonyl (C=O) groups excluding carboxylic acids is 1. The molecule has 30 heavy (non-hydrogen) atoms. The largest absolute Gasteiger partial charge is 0.493 e. The highest BCUT2D eigenvalue weighted by atomic mass is 35.5. The number of halogens is 2. The van der Waals surface area contributed by atoms with E-state index in [9.17, 15) is 9.90 Å². The van der Waals surface area contributed by atoms with Crippen LogP contribution in [-0.2, 0) is 17.9 Å². The van der Waals surface area contributed by atoms with Crippen molar-refractivity contribution in [1.29, 1.82) is 0 Å². The Hall–Kier alpha value is -1.99. The third kappa shape index (κ3) is 6.01. The van der Waals surface area contributed by atoms with E-state index in [0.29, 0.717) is 41.2 Å². The summed E-state index contributed by atoms with van der Waals surface area (Å²) in [6.45, 7) is 4.36. The number of hydrogen-bond acceptors (Lipinski definition) is 5. The van der Waals surface area contributed by atoms with E-state index < -0.39 is 6.10 Å². The van der Waals surface area contributed by atoms with Crippen LogP contribution < -0.4 is 14.8 Å². The fourth-order valence-electron chi connectivity index (χ4n) is 3.24. The molecule has 1 atom stereocenters. The van der Waals surface area contributed by atoms with Gasteiger partial charge in [0.2, 0.25) is 5.91 Å². The minimum atomic E-state index is -0.533. The molecule has 1 fully saturated rings. The summed E-state index contributed by atoms with van der Waals surface area (Å²) in [5.74, 6) is 1.24. The Morgan fingerprint density at radius 2 is 2.00 bits per heavy atom. The van der Waals surface area contributed by atoms with E-state index in [0.717, 1.165) is 17.7 Å². The van der Waals surface area contributed by atoms with Gasteiger partial charge in [-0.1, -0.05) is 35.3 Å². The Labute approximate surface area is 186 Å². The van der Waals surface area contributed by atoms with Crippen LogP contribution in [0, 0.1) is 5.92 Å². The number of aliphatic hydroxyl groups excluding tert-OH is 1. The summed E-state index contributed by atoms with van der Waals surface area (Å²) in [5, 5.41) is 13.2. The molecule has 0 radical (unpaired) electrons. The van der Waals surface area contributed by atoms with Crippen LogP contribution in [0.2, 0.25) is 10.0 Å². The smallest absolute Gasteiger partial charge is 0.225 e. The first kappa shape index (κ1) is 22.7. The summed E-state index contributed by atoms with van der Waals surface area (Å²) >= 11 is 12.1. The average Bonchev–Trinajstić information content (AvgIpc) is 2.68. The first-order valence-electron chi connectivity index (χ1n) is 9.77. The van der Waals surface area contributed by atoms with Crippen LogP contribution in [0.4, 0.5) is 0 Å². The third-order valence-corrected chi connectivity index (χ3v) is 5.52. The maximum atomic E-state index is 12.0. The number of carbonyl (C=O) groups is 1. The molecular formula is C22H26Cl2N2O4. The second-order valence-electron chi connectivity index (χ2n) is 7.49. The molecular weight excluding hydrogens is 427 g/mol. The molecule has 0 unspecified atom stereocenters. The molecule has 1 amide bonds. The lowest BCUT2D eigenvalue weighted by Crippen LogP contribution is -2.53. The van der Waals surface area contributed by atoms with Crippen LogP contribution >= 0.6 is 23.2 Å². The van der Waals surface area contributed by atoms with Crippen LogP contribution in [0.3, 0.4) is 0 Å². The Kier molecular flexibility index (Phi) is 7.83. The third-order valence-electron chi connectivity index (χ3n) is 4.93. The van der Waals surface area contributed by atoms with E-state index in [1.54, 1.807) is 26.2 Å². The molecule has 0 saturated carbocycles. The standard InChI is InChI=1S/C22H26Cl2N2O4/c1-14(27)9-25-22(28)17-11-26(12-17)10-15-3-6-20(21(7-15)29-2)30-13-16-4-5-18(23)8-19(16)24/h3-8,14,17,27H,9-13H2,1-2H3,(H,25,28)/t14-/m0/s1. The fourth-order valence-corrected chi connectivity index (χ4v) is 3.70. The van der Waals surface area contributed by atoms with Gasteiger partial charge in [-0.15, -0.1) is 0 Å². The summed E-state index contributed by atoms with van der Waals surface area (Å²) in [5.41, 5.74) is 1.92. The van der Waals surface area contributed by atoms with Crippen molar-refractivity contribution in [2.24, 2.45) is 5.92 Å². The minimum Gasteiger partial charge on any atom is -0.493 e. The molecule has 1 saturated heterocycles. The monoisotopic (exact) mass is 452 g/mol. The summed E-state index contributed by atoms with van der Waals surface area (Å²) in [7, 11) is 1.60. The van der Waals surface area contributed by atoms with Crippen LogP contribution in [0.25, 0.3) is 0 Å². The molecule has 3 rings (SSSR count). The molecule has 0 aromatic heterocycles. The number of aliphatic hydroxyl groups is 1. The van der Waals surface area contributed by atoms with Crippen molar-refractivity contribution in [3.8, 4) is 11.5 Å². The van der Waals surface area contributed by atoms with E-state index in [2.05, 4.69) is 10.2 Å². The highest BCUT2D eigenvalue weighted by Crippen LogP contribution is 2.31. The molecule has 2 aromatic rings. The first-order valence-corrected chi connectivity index (χ1v) is 10.5. The van der Waals surface area contributed by atoms with E-state index in [4.69, 9.17) is 32.7 Å². The maximum absolute atomic E-state index is 12.0. The van der Waals surface area contributed by atoms with Crippen LogP contribution in [0.15, 0.2) is 36.4 Å². The van der Waals surface area contributed by atoms with Crippen molar-refractivity contribution in [3.63, 3.8) is 0 Å². The predicted molar refractivity (Wildman–Crippen MR) is 117 cm³/mol. The van der Waals surface area contributed by atoms with Gasteiger partial charge in [0, 0.05) is 41.8 Å². The van der Waals surface area contributed by atoms with Crippen LogP contribution in [0.5, 0.6) is 11.5 Å². The number of nitrogens with zero attached hydrogens (tertiary/aromatic N) is 1. The minimum absolute atomic E-state index is 0.00524. The molecule has 6 nitrogen and oxygen atoms in total. The Morgan fingerprint density at radius 3 is 2.67 bits per heavy atom. The number of rotatable bonds is 9. The molecule has 1 heterocycles. The molecule has 0 spiro atoms. The lowest BCUT2D eigenvalue weighted by Gasteiger charge is -2.38. The van der Waals surface area contributed by atoms with Crippen molar-refractivity contribution in [2.45, 2.75) is 26.2 Å². The second kappa shape index (κ2) is 10.4. The van der Waals surface area contributed by atoms with Crippen molar-refractivity contribution < 1.29 is 19.4 Å². The molecule has 162 valence electrons. The summed E-state index contributed by atoms with van der Waals surface area (Å²) in [6.07, 6.45) is -0.533. The highest BCUT2D eigenvalue weighted by molar-refractivity contribution is 6.35. The molecule has 1 aliphatic rings. The highest BCUT2D eigenvalue weighted by Gasteiger charge is 2.32. The molecule has 8 heteroatoms. The van der Waals surface area contributed by atoms with E-state index >= 15 is 0 Å². The first-order chi connectivity index (χ1) is 14.4. The zero-order valence-electron chi connectivity index (χ0n) is 17.0. The number of hydrogen-bond donors (Lipinski definition) is 2. The van der Waals surface area contributed by atoms with Gasteiger partial charge in [0.05, 0.1) is 19.1 Å². The number of amides is 1. The molecule has 2 aromatic carbocycles. The van der Waals surface area contributed by atoms with Gasteiger partial charge in [-0.3, -0.25) is 9.69 Å². The number of benzene rings is 2. The van der Waals surface area contributed by atoms with Gasteiger partial charge >= 0.3 is 0 Å². The van der Waals surface area contributed by atoms with Crippen LogP contribution in [0.1, 0.15) is 18.1 Å². The van der Waals surface area contributed by atoms with E-state index in [1.165, 1.54) is 0 Å². The van der Waals surface area contributed by atoms with Gasteiger partial charge < -0.3 is 19.9 Å². The van der Waals surface area contributed by atoms with Crippen LogP contribution in [-0.4, -0.2) is 48.8 Å². The normalized spacial score (nSPS) is 15.4. The van der Waals surface area contributed by atoms with Crippen molar-refractivity contribution in [3.05, 3.63) is 57.6 Å². The van der Waals surface area contributed by atoms with Crippen molar-refractivity contribution in [2.75, 3.05) is 26.7 Å². The topological polar surface area (TPSA) is 71.0 Å². The van der Waals surface area contributed by atoms with E-state index in [1.807, 2.05) is 24.3 Å². The Balaban J connectivity index is 1.53. The average molecular weight is 453 g/mol. The van der Waals surface area contributed by atoms with Gasteiger partial charge in [0.1, 0.15) is 6.61 Å². The van der Waals surface area contributed by atoms with Gasteiger partial charge in [-0.05, 0) is 36.8 Å². The lowest BCUT2D eigenvalue weighted by atomic mass is 9.98. The van der Waals surface area contributed by atoms with Gasteiger partial charge in [0.15, 0.2) is 11.5 Å². The summed E-state index contributed by atoms with van der Waals surface area (Å²) in [4.78, 5) is 14.2. The Morgan fingerprint density at radius 1 is 1.23 bits per heavy atom. The van der Waals surface area contributed by atoms with Crippen molar-refractivity contribution in [1.82, 2.24) is 10.2 Å². The number of methoxy groups -OCH3 is 1. The predicted octanol–water partition coefficient (Wildman–Crippen LogP) is 3.51.